The molecule has 4 nitrogen and oxygen atoms in total. The van der Waals surface area contributed by atoms with Gasteiger partial charge in [-0.25, -0.2) is 0 Å². The first-order valence-corrected chi connectivity index (χ1v) is 6.11. The van der Waals surface area contributed by atoms with Gasteiger partial charge in [0.25, 0.3) is 5.91 Å². The van der Waals surface area contributed by atoms with Gasteiger partial charge in [0, 0.05) is 18.2 Å². The maximum atomic E-state index is 12.5. The molecular weight excluding hydrogens is 242 g/mol. The van der Waals surface area contributed by atoms with E-state index in [4.69, 9.17) is 4.74 Å². The fourth-order valence-corrected chi connectivity index (χ4v) is 1.76. The third-order valence-electron chi connectivity index (χ3n) is 2.80. The molecule has 19 heavy (non-hydrogen) atoms. The van der Waals surface area contributed by atoms with Crippen molar-refractivity contribution in [3.63, 3.8) is 0 Å². The summed E-state index contributed by atoms with van der Waals surface area (Å²) < 4.78 is 5.00. The molecule has 0 aromatic heterocycles. The molecule has 0 heterocycles. The Kier molecular flexibility index (Phi) is 4.59. The van der Waals surface area contributed by atoms with Gasteiger partial charge in [-0.3, -0.25) is 4.79 Å². The van der Waals surface area contributed by atoms with Gasteiger partial charge < -0.3 is 14.7 Å². The SMILES string of the molecule is C=CCN(C(=O)c1ccc(OC)cc1O)C(C)(C)C. The zero-order valence-electron chi connectivity index (χ0n) is 11.9. The smallest absolute Gasteiger partial charge is 0.258 e. The number of hydrogen-bond donors (Lipinski definition) is 1. The highest BCUT2D eigenvalue weighted by molar-refractivity contribution is 5.97. The normalized spacial score (nSPS) is 10.9. The second-order valence-electron chi connectivity index (χ2n) is 5.26. The van der Waals surface area contributed by atoms with Crippen molar-refractivity contribution < 1.29 is 14.6 Å². The first-order valence-electron chi connectivity index (χ1n) is 6.11. The Hall–Kier alpha value is -1.97. The van der Waals surface area contributed by atoms with Gasteiger partial charge >= 0.3 is 0 Å². The van der Waals surface area contributed by atoms with E-state index < -0.39 is 0 Å². The van der Waals surface area contributed by atoms with Crippen molar-refractivity contribution >= 4 is 5.91 Å². The van der Waals surface area contributed by atoms with E-state index in [0.29, 0.717) is 12.3 Å². The number of amides is 1. The van der Waals surface area contributed by atoms with Crippen molar-refractivity contribution in [3.8, 4) is 11.5 Å². The predicted molar refractivity (Wildman–Crippen MR) is 75.6 cm³/mol. The molecule has 0 aliphatic rings. The van der Waals surface area contributed by atoms with E-state index in [0.717, 1.165) is 0 Å². The average molecular weight is 263 g/mol. The number of methoxy groups -OCH3 is 1. The molecule has 0 aliphatic carbocycles. The van der Waals surface area contributed by atoms with Crippen LogP contribution in [0.3, 0.4) is 0 Å². The highest BCUT2D eigenvalue weighted by Gasteiger charge is 2.27. The molecule has 0 saturated heterocycles. The summed E-state index contributed by atoms with van der Waals surface area (Å²) in [5.74, 6) is 0.204. The van der Waals surface area contributed by atoms with Crippen LogP contribution in [0, 0.1) is 0 Å². The Labute approximate surface area is 114 Å². The monoisotopic (exact) mass is 263 g/mol. The Morgan fingerprint density at radius 1 is 1.47 bits per heavy atom. The van der Waals surface area contributed by atoms with E-state index in [1.807, 2.05) is 20.8 Å². The van der Waals surface area contributed by atoms with Crippen molar-refractivity contribution in [2.24, 2.45) is 0 Å². The molecule has 0 bridgehead atoms. The molecule has 0 saturated carbocycles. The van der Waals surface area contributed by atoms with Gasteiger partial charge in [-0.15, -0.1) is 6.58 Å². The topological polar surface area (TPSA) is 49.8 Å². The van der Waals surface area contributed by atoms with Crippen molar-refractivity contribution in [2.45, 2.75) is 26.3 Å². The van der Waals surface area contributed by atoms with E-state index in [9.17, 15) is 9.90 Å². The van der Waals surface area contributed by atoms with E-state index >= 15 is 0 Å². The molecular formula is C15H21NO3. The fraction of sp³-hybridized carbons (Fsp3) is 0.400. The Morgan fingerprint density at radius 2 is 2.11 bits per heavy atom. The zero-order valence-corrected chi connectivity index (χ0v) is 11.9. The number of ether oxygens (including phenoxy) is 1. The third-order valence-corrected chi connectivity index (χ3v) is 2.80. The Bertz CT molecular complexity index is 475. The number of benzene rings is 1. The van der Waals surface area contributed by atoms with E-state index in [1.165, 1.54) is 13.2 Å². The minimum absolute atomic E-state index is 0.0809. The lowest BCUT2D eigenvalue weighted by Gasteiger charge is -2.35. The lowest BCUT2D eigenvalue weighted by atomic mass is 10.0. The number of aromatic hydroxyl groups is 1. The molecule has 1 N–H and O–H groups in total. The first-order chi connectivity index (χ1) is 8.81. The van der Waals surface area contributed by atoms with Crippen molar-refractivity contribution in [1.82, 2.24) is 4.90 Å². The molecule has 0 aliphatic heterocycles. The summed E-state index contributed by atoms with van der Waals surface area (Å²) in [5.41, 5.74) is -0.0879. The molecule has 1 rings (SSSR count). The summed E-state index contributed by atoms with van der Waals surface area (Å²) in [7, 11) is 1.51. The van der Waals surface area contributed by atoms with Gasteiger partial charge in [0.2, 0.25) is 0 Å². The number of carbonyl (C=O) groups excluding carboxylic acids is 1. The summed E-state index contributed by atoms with van der Waals surface area (Å²) in [4.78, 5) is 14.1. The highest BCUT2D eigenvalue weighted by atomic mass is 16.5. The van der Waals surface area contributed by atoms with Gasteiger partial charge in [0.05, 0.1) is 12.7 Å². The molecule has 0 fully saturated rings. The average Bonchev–Trinajstić information content (AvgIpc) is 2.33. The number of phenolic OH excluding ortho intramolecular Hbond substituents is 1. The van der Waals surface area contributed by atoms with Crippen LogP contribution in [0.25, 0.3) is 0 Å². The van der Waals surface area contributed by atoms with E-state index in [1.54, 1.807) is 23.1 Å². The highest BCUT2D eigenvalue weighted by Crippen LogP contribution is 2.26. The number of hydrogen-bond acceptors (Lipinski definition) is 3. The van der Waals surface area contributed by atoms with Crippen LogP contribution in [0.4, 0.5) is 0 Å². The minimum atomic E-state index is -0.350. The van der Waals surface area contributed by atoms with Crippen LogP contribution >= 0.6 is 0 Å². The summed E-state index contributed by atoms with van der Waals surface area (Å²) in [6.07, 6.45) is 1.67. The maximum absolute atomic E-state index is 12.5. The summed E-state index contributed by atoms with van der Waals surface area (Å²) in [6, 6.07) is 4.65. The lowest BCUT2D eigenvalue weighted by molar-refractivity contribution is 0.0613. The summed E-state index contributed by atoms with van der Waals surface area (Å²) >= 11 is 0. The zero-order chi connectivity index (χ0) is 14.6. The van der Waals surface area contributed by atoms with Crippen LogP contribution in [0.1, 0.15) is 31.1 Å². The quantitative estimate of drug-likeness (QED) is 0.850. The molecule has 1 aromatic carbocycles. The van der Waals surface area contributed by atoms with Gasteiger partial charge in [0.15, 0.2) is 0 Å². The second kappa shape index (κ2) is 5.78. The molecule has 1 aromatic rings. The van der Waals surface area contributed by atoms with Gasteiger partial charge in [-0.2, -0.15) is 0 Å². The van der Waals surface area contributed by atoms with Gasteiger partial charge in [0.1, 0.15) is 11.5 Å². The van der Waals surface area contributed by atoms with Crippen LogP contribution in [0.5, 0.6) is 11.5 Å². The van der Waals surface area contributed by atoms with Crippen LogP contribution in [-0.4, -0.2) is 35.1 Å². The molecule has 0 radical (unpaired) electrons. The van der Waals surface area contributed by atoms with Crippen LogP contribution in [-0.2, 0) is 0 Å². The standard InChI is InChI=1S/C15H21NO3/c1-6-9-16(15(2,3)4)14(18)12-8-7-11(19-5)10-13(12)17/h6-8,10,17H,1,9H2,2-5H3. The molecule has 0 atom stereocenters. The second-order valence-corrected chi connectivity index (χ2v) is 5.26. The first kappa shape index (κ1) is 15.1. The third kappa shape index (κ3) is 3.50. The van der Waals surface area contributed by atoms with E-state index in [2.05, 4.69) is 6.58 Å². The van der Waals surface area contributed by atoms with Crippen molar-refractivity contribution in [3.05, 3.63) is 36.4 Å². The van der Waals surface area contributed by atoms with E-state index in [-0.39, 0.29) is 22.8 Å². The van der Waals surface area contributed by atoms with Crippen molar-refractivity contribution in [1.29, 1.82) is 0 Å². The number of rotatable bonds is 4. The van der Waals surface area contributed by atoms with Crippen LogP contribution in [0.2, 0.25) is 0 Å². The number of phenols is 1. The Morgan fingerprint density at radius 3 is 2.53 bits per heavy atom. The summed E-state index contributed by atoms with van der Waals surface area (Å²) in [5, 5.41) is 9.92. The van der Waals surface area contributed by atoms with Crippen molar-refractivity contribution in [2.75, 3.05) is 13.7 Å². The number of nitrogens with zero attached hydrogens (tertiary/aromatic N) is 1. The predicted octanol–water partition coefficient (Wildman–Crippen LogP) is 2.83. The van der Waals surface area contributed by atoms with Crippen LogP contribution in [0.15, 0.2) is 30.9 Å². The molecule has 1 amide bonds. The Balaban J connectivity index is 3.13. The van der Waals surface area contributed by atoms with Crippen LogP contribution < -0.4 is 4.74 Å². The van der Waals surface area contributed by atoms with Gasteiger partial charge in [-0.05, 0) is 32.9 Å². The van der Waals surface area contributed by atoms with Gasteiger partial charge in [-0.1, -0.05) is 6.08 Å². The minimum Gasteiger partial charge on any atom is -0.507 e. The molecule has 0 spiro atoms. The summed E-state index contributed by atoms with van der Waals surface area (Å²) in [6.45, 7) is 9.91. The lowest BCUT2D eigenvalue weighted by Crippen LogP contribution is -2.45. The molecule has 0 unspecified atom stereocenters. The molecule has 104 valence electrons. The molecule has 4 heteroatoms. The maximum Gasteiger partial charge on any atom is 0.258 e. The fourth-order valence-electron chi connectivity index (χ4n) is 1.76. The largest absolute Gasteiger partial charge is 0.507 e. The number of carbonyl (C=O) groups is 1.